The van der Waals surface area contributed by atoms with Crippen LogP contribution in [0.5, 0.6) is 0 Å². The molecular weight excluding hydrogens is 253 g/mol. The Balaban J connectivity index is 2.07. The molecular formula is C11H12FN5O2. The molecule has 0 atom stereocenters. The zero-order chi connectivity index (χ0) is 13.8. The van der Waals surface area contributed by atoms with Crippen LogP contribution in [0.15, 0.2) is 23.0 Å². The van der Waals surface area contributed by atoms with Crippen LogP contribution in [0.4, 0.5) is 15.8 Å². The Labute approximate surface area is 107 Å². The number of hydrogen-bond acceptors (Lipinski definition) is 6. The molecule has 7 nitrogen and oxygen atoms in total. The summed E-state index contributed by atoms with van der Waals surface area (Å²) in [5, 5.41) is 6.26. The van der Waals surface area contributed by atoms with E-state index in [9.17, 15) is 9.18 Å². The fourth-order valence-corrected chi connectivity index (χ4v) is 1.55. The first kappa shape index (κ1) is 12.8. The molecule has 8 heteroatoms. The number of anilines is 2. The Morgan fingerprint density at radius 2 is 2.26 bits per heavy atom. The number of amides is 1. The quantitative estimate of drug-likeness (QED) is 0.679. The van der Waals surface area contributed by atoms with Crippen molar-refractivity contribution in [3.8, 4) is 0 Å². The molecule has 0 spiro atoms. The SMILES string of the molecule is NC(=O)c1cc(NCCc2ncno2)c(F)cc1N. The monoisotopic (exact) mass is 265 g/mol. The Morgan fingerprint density at radius 1 is 1.47 bits per heavy atom. The first-order valence-electron chi connectivity index (χ1n) is 5.46. The van der Waals surface area contributed by atoms with Crippen molar-refractivity contribution < 1.29 is 13.7 Å². The molecule has 1 aromatic carbocycles. The molecule has 0 bridgehead atoms. The Hall–Kier alpha value is -2.64. The Kier molecular flexibility index (Phi) is 3.60. The Bertz CT molecular complexity index is 585. The highest BCUT2D eigenvalue weighted by molar-refractivity contribution is 5.99. The lowest BCUT2D eigenvalue weighted by molar-refractivity contribution is 0.100. The fourth-order valence-electron chi connectivity index (χ4n) is 1.55. The predicted molar refractivity (Wildman–Crippen MR) is 65.8 cm³/mol. The van der Waals surface area contributed by atoms with E-state index in [2.05, 4.69) is 15.5 Å². The van der Waals surface area contributed by atoms with Crippen LogP contribution in [0.1, 0.15) is 16.2 Å². The molecule has 0 aliphatic carbocycles. The number of aromatic nitrogens is 2. The van der Waals surface area contributed by atoms with E-state index in [1.807, 2.05) is 0 Å². The van der Waals surface area contributed by atoms with Crippen LogP contribution in [0.25, 0.3) is 0 Å². The minimum Gasteiger partial charge on any atom is -0.398 e. The summed E-state index contributed by atoms with van der Waals surface area (Å²) < 4.78 is 18.4. The third-order valence-electron chi connectivity index (χ3n) is 2.47. The maximum absolute atomic E-state index is 13.6. The smallest absolute Gasteiger partial charge is 0.250 e. The number of nitrogens with one attached hydrogen (secondary N) is 1. The van der Waals surface area contributed by atoms with E-state index in [1.54, 1.807) is 0 Å². The van der Waals surface area contributed by atoms with Gasteiger partial charge in [-0.2, -0.15) is 4.98 Å². The summed E-state index contributed by atoms with van der Waals surface area (Å²) in [4.78, 5) is 14.9. The van der Waals surface area contributed by atoms with Crippen molar-refractivity contribution in [2.75, 3.05) is 17.6 Å². The van der Waals surface area contributed by atoms with Gasteiger partial charge in [0.25, 0.3) is 5.91 Å². The van der Waals surface area contributed by atoms with Crippen molar-refractivity contribution in [3.05, 3.63) is 35.7 Å². The number of benzene rings is 1. The third kappa shape index (κ3) is 2.97. The number of nitrogens with zero attached hydrogens (tertiary/aromatic N) is 2. The molecule has 2 aromatic rings. The molecule has 0 radical (unpaired) electrons. The lowest BCUT2D eigenvalue weighted by Gasteiger charge is -2.09. The first-order chi connectivity index (χ1) is 9.08. The number of nitrogens with two attached hydrogens (primary N) is 2. The summed E-state index contributed by atoms with van der Waals surface area (Å²) in [6.45, 7) is 0.362. The van der Waals surface area contributed by atoms with Crippen molar-refractivity contribution in [3.63, 3.8) is 0 Å². The number of hydrogen-bond donors (Lipinski definition) is 3. The fraction of sp³-hybridized carbons (Fsp3) is 0.182. The molecule has 0 saturated carbocycles. The molecule has 0 unspecified atom stereocenters. The summed E-state index contributed by atoms with van der Waals surface area (Å²) in [5.74, 6) is -0.844. The van der Waals surface area contributed by atoms with Gasteiger partial charge in [0.2, 0.25) is 5.89 Å². The summed E-state index contributed by atoms with van der Waals surface area (Å²) in [5.41, 5.74) is 10.9. The topological polar surface area (TPSA) is 120 Å². The molecule has 0 aliphatic rings. The van der Waals surface area contributed by atoms with E-state index in [0.29, 0.717) is 18.9 Å². The normalized spacial score (nSPS) is 10.4. The molecule has 1 aromatic heterocycles. The minimum absolute atomic E-state index is 0.00690. The zero-order valence-electron chi connectivity index (χ0n) is 9.89. The van der Waals surface area contributed by atoms with Crippen LogP contribution < -0.4 is 16.8 Å². The van der Waals surface area contributed by atoms with Crippen LogP contribution in [-0.4, -0.2) is 22.6 Å². The van der Waals surface area contributed by atoms with Crippen LogP contribution >= 0.6 is 0 Å². The summed E-state index contributed by atoms with van der Waals surface area (Å²) >= 11 is 0. The van der Waals surface area contributed by atoms with Gasteiger partial charge >= 0.3 is 0 Å². The van der Waals surface area contributed by atoms with E-state index in [4.69, 9.17) is 16.0 Å². The van der Waals surface area contributed by atoms with Gasteiger partial charge in [0.1, 0.15) is 5.82 Å². The lowest BCUT2D eigenvalue weighted by Crippen LogP contribution is -2.15. The first-order valence-corrected chi connectivity index (χ1v) is 5.46. The summed E-state index contributed by atoms with van der Waals surface area (Å²) in [6, 6.07) is 2.33. The summed E-state index contributed by atoms with van der Waals surface area (Å²) in [6.07, 6.45) is 1.71. The van der Waals surface area contributed by atoms with E-state index in [-0.39, 0.29) is 16.9 Å². The van der Waals surface area contributed by atoms with Crippen molar-refractivity contribution in [1.29, 1.82) is 0 Å². The second-order valence-corrected chi connectivity index (χ2v) is 3.80. The van der Waals surface area contributed by atoms with Gasteiger partial charge in [-0.15, -0.1) is 0 Å². The van der Waals surface area contributed by atoms with Crippen molar-refractivity contribution in [1.82, 2.24) is 10.1 Å². The van der Waals surface area contributed by atoms with Crippen molar-refractivity contribution >= 4 is 17.3 Å². The highest BCUT2D eigenvalue weighted by Gasteiger charge is 2.11. The molecule has 1 amide bonds. The number of carbonyl (C=O) groups excluding carboxylic acids is 1. The van der Waals surface area contributed by atoms with Crippen LogP contribution in [0.3, 0.4) is 0 Å². The zero-order valence-corrected chi connectivity index (χ0v) is 9.89. The van der Waals surface area contributed by atoms with Crippen molar-refractivity contribution in [2.45, 2.75) is 6.42 Å². The molecule has 1 heterocycles. The van der Waals surface area contributed by atoms with Gasteiger partial charge in [-0.3, -0.25) is 4.79 Å². The number of primary amides is 1. The standard InChI is InChI=1S/C11H12FN5O2/c12-7-4-8(13)6(11(14)18)3-9(7)15-2-1-10-16-5-17-19-10/h3-5,15H,1-2,13H2,(H2,14,18). The average molecular weight is 265 g/mol. The van der Waals surface area contributed by atoms with Crippen LogP contribution in [0.2, 0.25) is 0 Å². The molecule has 0 aliphatic heterocycles. The maximum Gasteiger partial charge on any atom is 0.250 e. The molecule has 5 N–H and O–H groups in total. The van der Waals surface area contributed by atoms with Crippen LogP contribution in [0, 0.1) is 5.82 Å². The van der Waals surface area contributed by atoms with E-state index >= 15 is 0 Å². The number of nitrogen functional groups attached to an aromatic ring is 1. The highest BCUT2D eigenvalue weighted by Crippen LogP contribution is 2.21. The van der Waals surface area contributed by atoms with Gasteiger partial charge in [-0.1, -0.05) is 5.16 Å². The van der Waals surface area contributed by atoms with Gasteiger partial charge in [0, 0.05) is 18.7 Å². The summed E-state index contributed by atoms with van der Waals surface area (Å²) in [7, 11) is 0. The largest absolute Gasteiger partial charge is 0.398 e. The van der Waals surface area contributed by atoms with E-state index < -0.39 is 11.7 Å². The molecule has 100 valence electrons. The van der Waals surface area contributed by atoms with Crippen LogP contribution in [-0.2, 0) is 6.42 Å². The molecule has 0 fully saturated rings. The predicted octanol–water partition coefficient (Wildman–Crippen LogP) is 0.544. The van der Waals surface area contributed by atoms with E-state index in [1.165, 1.54) is 12.4 Å². The second-order valence-electron chi connectivity index (χ2n) is 3.80. The maximum atomic E-state index is 13.6. The number of rotatable bonds is 5. The van der Waals surface area contributed by atoms with Gasteiger partial charge in [-0.05, 0) is 12.1 Å². The van der Waals surface area contributed by atoms with Gasteiger partial charge in [0.15, 0.2) is 6.33 Å². The molecule has 2 rings (SSSR count). The number of halogens is 1. The molecule has 0 saturated heterocycles. The van der Waals surface area contributed by atoms with E-state index in [0.717, 1.165) is 6.07 Å². The Morgan fingerprint density at radius 3 is 2.89 bits per heavy atom. The lowest BCUT2D eigenvalue weighted by atomic mass is 10.1. The minimum atomic E-state index is -0.711. The third-order valence-corrected chi connectivity index (χ3v) is 2.47. The van der Waals surface area contributed by atoms with Gasteiger partial charge < -0.3 is 21.3 Å². The van der Waals surface area contributed by atoms with Gasteiger partial charge in [-0.25, -0.2) is 4.39 Å². The van der Waals surface area contributed by atoms with Crippen molar-refractivity contribution in [2.24, 2.45) is 5.73 Å². The average Bonchev–Trinajstić information content (AvgIpc) is 2.84. The number of carbonyl (C=O) groups is 1. The second kappa shape index (κ2) is 5.34. The molecule has 19 heavy (non-hydrogen) atoms. The van der Waals surface area contributed by atoms with Gasteiger partial charge in [0.05, 0.1) is 11.3 Å². The highest BCUT2D eigenvalue weighted by atomic mass is 19.1.